The van der Waals surface area contributed by atoms with Gasteiger partial charge >= 0.3 is 5.97 Å². The number of hydrogen-bond acceptors (Lipinski definition) is 5. The highest BCUT2D eigenvalue weighted by atomic mass is 35.5. The summed E-state index contributed by atoms with van der Waals surface area (Å²) in [6, 6.07) is 9.96. The Balaban J connectivity index is 1.74. The third-order valence-electron chi connectivity index (χ3n) is 4.42. The topological polar surface area (TPSA) is 84.9 Å². The molecule has 1 saturated heterocycles. The van der Waals surface area contributed by atoms with E-state index in [4.69, 9.17) is 16.3 Å². The normalized spacial score (nSPS) is 16.7. The van der Waals surface area contributed by atoms with Gasteiger partial charge < -0.3 is 19.7 Å². The highest BCUT2D eigenvalue weighted by molar-refractivity contribution is 6.35. The average Bonchev–Trinajstić information content (AvgIpc) is 2.69. The van der Waals surface area contributed by atoms with Crippen molar-refractivity contribution in [3.05, 3.63) is 41.4 Å². The lowest BCUT2D eigenvalue weighted by atomic mass is 10.1. The number of benzene rings is 2. The highest BCUT2D eigenvalue weighted by Crippen LogP contribution is 2.31. The number of carbonyl (C=O) groups is 3. The first kappa shape index (κ1) is 19.0. The van der Waals surface area contributed by atoms with Crippen LogP contribution >= 0.6 is 11.6 Å². The molecule has 3 rings (SSSR count). The van der Waals surface area contributed by atoms with E-state index in [1.165, 1.54) is 12.0 Å². The van der Waals surface area contributed by atoms with Gasteiger partial charge in [-0.25, -0.2) is 0 Å². The number of ether oxygens (including phenoxy) is 2. The van der Waals surface area contributed by atoms with Crippen LogP contribution in [0.2, 0.25) is 5.02 Å². The van der Waals surface area contributed by atoms with E-state index in [1.54, 1.807) is 12.1 Å². The smallest absolute Gasteiger partial charge is 0.308 e. The molecule has 27 heavy (non-hydrogen) atoms. The molecular weight excluding hydrogens is 372 g/mol. The van der Waals surface area contributed by atoms with Crippen LogP contribution in [0, 0.1) is 0 Å². The lowest BCUT2D eigenvalue weighted by Crippen LogP contribution is -2.58. The second-order valence-electron chi connectivity index (χ2n) is 6.05. The Morgan fingerprint density at radius 2 is 1.96 bits per heavy atom. The van der Waals surface area contributed by atoms with Crippen molar-refractivity contribution < 1.29 is 23.9 Å². The van der Waals surface area contributed by atoms with Gasteiger partial charge in [-0.05, 0) is 12.1 Å². The van der Waals surface area contributed by atoms with Gasteiger partial charge in [-0.3, -0.25) is 14.4 Å². The third-order valence-corrected chi connectivity index (χ3v) is 4.75. The van der Waals surface area contributed by atoms with Crippen LogP contribution in [-0.2, 0) is 19.1 Å². The molecule has 2 aromatic carbocycles. The first-order valence-electron chi connectivity index (χ1n) is 8.45. The SMILES string of the molecule is COC(=O)C[C@@H]1C(=O)NCCN1C(=O)COc1ccc(Cl)c2ccccc12. The van der Waals surface area contributed by atoms with Crippen LogP contribution in [-0.4, -0.2) is 55.5 Å². The first-order valence-corrected chi connectivity index (χ1v) is 8.83. The molecule has 0 bridgehead atoms. The Labute approximate surface area is 161 Å². The summed E-state index contributed by atoms with van der Waals surface area (Å²) in [5.74, 6) is -0.788. The Morgan fingerprint density at radius 3 is 2.70 bits per heavy atom. The molecule has 7 nitrogen and oxygen atoms in total. The number of hydrogen-bond donors (Lipinski definition) is 1. The molecule has 1 N–H and O–H groups in total. The first-order chi connectivity index (χ1) is 13.0. The van der Waals surface area contributed by atoms with Crippen molar-refractivity contribution in [2.75, 3.05) is 26.8 Å². The number of fused-ring (bicyclic) bond motifs is 1. The summed E-state index contributed by atoms with van der Waals surface area (Å²) in [6.07, 6.45) is -0.196. The van der Waals surface area contributed by atoms with Gasteiger partial charge in [-0.15, -0.1) is 0 Å². The van der Waals surface area contributed by atoms with Crippen LogP contribution in [0.4, 0.5) is 0 Å². The maximum Gasteiger partial charge on any atom is 0.308 e. The van der Waals surface area contributed by atoms with Crippen molar-refractivity contribution in [3.63, 3.8) is 0 Å². The van der Waals surface area contributed by atoms with E-state index in [2.05, 4.69) is 10.1 Å². The Morgan fingerprint density at radius 1 is 1.22 bits per heavy atom. The molecule has 142 valence electrons. The maximum atomic E-state index is 12.6. The molecule has 1 atom stereocenters. The third kappa shape index (κ3) is 4.14. The zero-order chi connectivity index (χ0) is 19.4. The molecule has 1 fully saturated rings. The molecule has 2 amide bonds. The zero-order valence-corrected chi connectivity index (χ0v) is 15.5. The van der Waals surface area contributed by atoms with Crippen molar-refractivity contribution in [1.82, 2.24) is 10.2 Å². The van der Waals surface area contributed by atoms with Crippen LogP contribution < -0.4 is 10.1 Å². The highest BCUT2D eigenvalue weighted by Gasteiger charge is 2.35. The summed E-state index contributed by atoms with van der Waals surface area (Å²) in [4.78, 5) is 37.6. The van der Waals surface area contributed by atoms with Gasteiger partial charge in [-0.1, -0.05) is 35.9 Å². The quantitative estimate of drug-likeness (QED) is 0.786. The van der Waals surface area contributed by atoms with Gasteiger partial charge in [-0.2, -0.15) is 0 Å². The number of halogens is 1. The van der Waals surface area contributed by atoms with Gasteiger partial charge in [0.1, 0.15) is 11.8 Å². The van der Waals surface area contributed by atoms with E-state index in [0.29, 0.717) is 23.9 Å². The number of carbonyl (C=O) groups excluding carboxylic acids is 3. The van der Waals surface area contributed by atoms with E-state index in [9.17, 15) is 14.4 Å². The Hall–Kier alpha value is -2.80. The molecule has 0 unspecified atom stereocenters. The summed E-state index contributed by atoms with van der Waals surface area (Å²) in [5, 5.41) is 4.86. The summed E-state index contributed by atoms with van der Waals surface area (Å²) >= 11 is 6.19. The van der Waals surface area contributed by atoms with E-state index in [-0.39, 0.29) is 24.8 Å². The van der Waals surface area contributed by atoms with Gasteiger partial charge in [0.15, 0.2) is 6.61 Å². The van der Waals surface area contributed by atoms with Gasteiger partial charge in [0.25, 0.3) is 5.91 Å². The molecule has 0 saturated carbocycles. The predicted molar refractivity (Wildman–Crippen MR) is 99.6 cm³/mol. The molecule has 1 heterocycles. The summed E-state index contributed by atoms with van der Waals surface area (Å²) < 4.78 is 10.3. The summed E-state index contributed by atoms with van der Waals surface area (Å²) in [7, 11) is 1.24. The number of rotatable bonds is 5. The molecule has 1 aliphatic rings. The van der Waals surface area contributed by atoms with Crippen LogP contribution in [0.1, 0.15) is 6.42 Å². The minimum absolute atomic E-state index is 0.196. The number of nitrogens with one attached hydrogen (secondary N) is 1. The number of piperazine rings is 1. The van der Waals surface area contributed by atoms with Gasteiger partial charge in [0.2, 0.25) is 5.91 Å². The number of esters is 1. The van der Waals surface area contributed by atoms with Crippen molar-refractivity contribution in [3.8, 4) is 5.75 Å². The maximum absolute atomic E-state index is 12.6. The molecule has 1 aliphatic heterocycles. The number of methoxy groups -OCH3 is 1. The van der Waals surface area contributed by atoms with Crippen LogP contribution in [0.5, 0.6) is 5.75 Å². The fourth-order valence-electron chi connectivity index (χ4n) is 3.04. The Bertz CT molecular complexity index is 886. The van der Waals surface area contributed by atoms with Crippen molar-refractivity contribution in [1.29, 1.82) is 0 Å². The lowest BCUT2D eigenvalue weighted by Gasteiger charge is -2.34. The van der Waals surface area contributed by atoms with E-state index in [0.717, 1.165) is 10.8 Å². The van der Waals surface area contributed by atoms with Crippen molar-refractivity contribution >= 4 is 40.2 Å². The van der Waals surface area contributed by atoms with E-state index >= 15 is 0 Å². The number of nitrogens with zero attached hydrogens (tertiary/aromatic N) is 1. The van der Waals surface area contributed by atoms with Crippen molar-refractivity contribution in [2.45, 2.75) is 12.5 Å². The fraction of sp³-hybridized carbons (Fsp3) is 0.316. The average molecular weight is 391 g/mol. The standard InChI is InChI=1S/C19H19ClN2O5/c1-26-18(24)10-15-19(25)21-8-9-22(15)17(23)11-27-16-7-6-14(20)12-4-2-3-5-13(12)16/h2-7,15H,8-11H2,1H3,(H,21,25)/t15-/m1/s1. The monoisotopic (exact) mass is 390 g/mol. The van der Waals surface area contributed by atoms with Crippen LogP contribution in [0.25, 0.3) is 10.8 Å². The van der Waals surface area contributed by atoms with Crippen LogP contribution in [0.15, 0.2) is 36.4 Å². The molecule has 0 spiro atoms. The summed E-state index contributed by atoms with van der Waals surface area (Å²) in [5.41, 5.74) is 0. The fourth-order valence-corrected chi connectivity index (χ4v) is 3.27. The predicted octanol–water partition coefficient (Wildman–Crippen LogP) is 1.76. The second-order valence-corrected chi connectivity index (χ2v) is 6.46. The minimum atomic E-state index is -0.899. The summed E-state index contributed by atoms with van der Waals surface area (Å²) in [6.45, 7) is 0.375. The molecule has 8 heteroatoms. The van der Waals surface area contributed by atoms with Crippen molar-refractivity contribution in [2.24, 2.45) is 0 Å². The second kappa shape index (κ2) is 8.26. The minimum Gasteiger partial charge on any atom is -0.483 e. The van der Waals surface area contributed by atoms with Crippen LogP contribution in [0.3, 0.4) is 0 Å². The van der Waals surface area contributed by atoms with E-state index in [1.807, 2.05) is 24.3 Å². The lowest BCUT2D eigenvalue weighted by molar-refractivity contribution is -0.151. The largest absolute Gasteiger partial charge is 0.483 e. The molecular formula is C19H19ClN2O5. The molecule has 0 aromatic heterocycles. The molecule has 0 radical (unpaired) electrons. The van der Waals surface area contributed by atoms with Gasteiger partial charge in [0, 0.05) is 28.9 Å². The van der Waals surface area contributed by atoms with Gasteiger partial charge in [0.05, 0.1) is 13.5 Å². The molecule has 0 aliphatic carbocycles. The van der Waals surface area contributed by atoms with E-state index < -0.39 is 12.0 Å². The molecule has 2 aromatic rings. The Kier molecular flexibility index (Phi) is 5.81. The number of amides is 2. The zero-order valence-electron chi connectivity index (χ0n) is 14.7.